The predicted octanol–water partition coefficient (Wildman–Crippen LogP) is 0.187. The fraction of sp³-hybridized carbons (Fsp3) is 0.364. The van der Waals surface area contributed by atoms with Crippen LogP contribution in [0.25, 0.3) is 0 Å². The van der Waals surface area contributed by atoms with E-state index in [9.17, 15) is 13.2 Å². The molecule has 1 rings (SSSR count). The number of hydrogen-bond acceptors (Lipinski definition) is 5. The Hall–Kier alpha value is -1.76. The van der Waals surface area contributed by atoms with Crippen molar-refractivity contribution >= 4 is 21.4 Å². The molecule has 1 aromatic rings. The highest BCUT2D eigenvalue weighted by molar-refractivity contribution is 7.92. The molecule has 0 heterocycles. The lowest BCUT2D eigenvalue weighted by Crippen LogP contribution is -2.30. The number of hydrogen-bond donors (Lipinski definition) is 2. The van der Waals surface area contributed by atoms with Crippen LogP contribution in [0.2, 0.25) is 0 Å². The van der Waals surface area contributed by atoms with Crippen LogP contribution < -0.4 is 15.8 Å². The van der Waals surface area contributed by atoms with Crippen LogP contribution in [0, 0.1) is 0 Å². The predicted molar refractivity (Wildman–Crippen MR) is 68.1 cm³/mol. The van der Waals surface area contributed by atoms with E-state index in [0.29, 0.717) is 12.3 Å². The molecule has 100 valence electrons. The number of sulfone groups is 1. The molecule has 6 nitrogen and oxygen atoms in total. The number of methoxy groups -OCH3 is 1. The van der Waals surface area contributed by atoms with E-state index in [1.165, 1.54) is 19.2 Å². The fourth-order valence-electron chi connectivity index (χ4n) is 1.41. The summed E-state index contributed by atoms with van der Waals surface area (Å²) < 4.78 is 29.0. The van der Waals surface area contributed by atoms with Crippen molar-refractivity contribution in [2.45, 2.75) is 11.8 Å². The number of carbonyl (C=O) groups is 1. The SMILES string of the molecule is CCNC(=O)CS(=O)(=O)c1cc(OC)ccc1N. The minimum absolute atomic E-state index is 0.0897. The van der Waals surface area contributed by atoms with Crippen molar-refractivity contribution in [3.8, 4) is 5.75 Å². The first kappa shape index (κ1) is 14.3. The number of nitrogens with one attached hydrogen (secondary N) is 1. The monoisotopic (exact) mass is 272 g/mol. The topological polar surface area (TPSA) is 98.5 Å². The van der Waals surface area contributed by atoms with Gasteiger partial charge in [0.05, 0.1) is 17.7 Å². The van der Waals surface area contributed by atoms with Gasteiger partial charge in [-0.2, -0.15) is 0 Å². The zero-order valence-electron chi connectivity index (χ0n) is 10.3. The Morgan fingerprint density at radius 3 is 2.67 bits per heavy atom. The summed E-state index contributed by atoms with van der Waals surface area (Å²) in [6, 6.07) is 4.30. The third-order valence-electron chi connectivity index (χ3n) is 2.25. The number of amides is 1. The maximum absolute atomic E-state index is 12.0. The molecule has 0 unspecified atom stereocenters. The number of nitrogen functional groups attached to an aromatic ring is 1. The van der Waals surface area contributed by atoms with E-state index < -0.39 is 21.5 Å². The van der Waals surface area contributed by atoms with Crippen LogP contribution in [0.5, 0.6) is 5.75 Å². The van der Waals surface area contributed by atoms with E-state index in [-0.39, 0.29) is 10.6 Å². The second-order valence-electron chi connectivity index (χ2n) is 3.62. The molecular weight excluding hydrogens is 256 g/mol. The van der Waals surface area contributed by atoms with Gasteiger partial charge >= 0.3 is 0 Å². The van der Waals surface area contributed by atoms with Gasteiger partial charge in [0.2, 0.25) is 5.91 Å². The van der Waals surface area contributed by atoms with Crippen molar-refractivity contribution in [2.75, 3.05) is 25.1 Å². The van der Waals surface area contributed by atoms with E-state index in [1.54, 1.807) is 13.0 Å². The number of nitrogens with two attached hydrogens (primary N) is 1. The zero-order valence-corrected chi connectivity index (χ0v) is 11.1. The Kier molecular flexibility index (Phi) is 4.55. The third-order valence-corrected chi connectivity index (χ3v) is 3.92. The van der Waals surface area contributed by atoms with E-state index in [2.05, 4.69) is 5.32 Å². The minimum atomic E-state index is -3.76. The molecule has 0 aliphatic heterocycles. The van der Waals surface area contributed by atoms with E-state index in [4.69, 9.17) is 10.5 Å². The van der Waals surface area contributed by atoms with Gasteiger partial charge in [0, 0.05) is 12.6 Å². The van der Waals surface area contributed by atoms with Crippen molar-refractivity contribution in [3.63, 3.8) is 0 Å². The summed E-state index contributed by atoms with van der Waals surface area (Å²) in [7, 11) is -2.34. The van der Waals surface area contributed by atoms with Gasteiger partial charge in [0.1, 0.15) is 11.5 Å². The second kappa shape index (κ2) is 5.72. The number of carbonyl (C=O) groups excluding carboxylic acids is 1. The molecule has 0 saturated heterocycles. The smallest absolute Gasteiger partial charge is 0.235 e. The Morgan fingerprint density at radius 1 is 1.44 bits per heavy atom. The summed E-state index contributed by atoms with van der Waals surface area (Å²) >= 11 is 0. The number of rotatable bonds is 5. The summed E-state index contributed by atoms with van der Waals surface area (Å²) in [4.78, 5) is 11.2. The highest BCUT2D eigenvalue weighted by Crippen LogP contribution is 2.24. The highest BCUT2D eigenvalue weighted by atomic mass is 32.2. The van der Waals surface area contributed by atoms with Crippen molar-refractivity contribution < 1.29 is 17.9 Å². The molecule has 0 aromatic heterocycles. The van der Waals surface area contributed by atoms with Gasteiger partial charge in [-0.05, 0) is 19.1 Å². The summed E-state index contributed by atoms with van der Waals surface area (Å²) in [5, 5.41) is 2.43. The van der Waals surface area contributed by atoms with Crippen LogP contribution in [0.15, 0.2) is 23.1 Å². The Morgan fingerprint density at radius 2 is 2.11 bits per heavy atom. The lowest BCUT2D eigenvalue weighted by Gasteiger charge is -2.09. The van der Waals surface area contributed by atoms with Gasteiger partial charge in [-0.15, -0.1) is 0 Å². The maximum Gasteiger partial charge on any atom is 0.235 e. The normalized spacial score (nSPS) is 11.0. The molecule has 0 fully saturated rings. The van der Waals surface area contributed by atoms with Crippen LogP contribution in [0.4, 0.5) is 5.69 Å². The third kappa shape index (κ3) is 3.36. The maximum atomic E-state index is 12.0. The summed E-state index contributed by atoms with van der Waals surface area (Å²) in [6.45, 7) is 2.09. The molecule has 0 bridgehead atoms. The Balaban J connectivity index is 3.08. The molecule has 3 N–H and O–H groups in total. The molecular formula is C11H16N2O4S. The average Bonchev–Trinajstić information content (AvgIpc) is 2.29. The minimum Gasteiger partial charge on any atom is -0.497 e. The van der Waals surface area contributed by atoms with Crippen LogP contribution >= 0.6 is 0 Å². The largest absolute Gasteiger partial charge is 0.497 e. The highest BCUT2D eigenvalue weighted by Gasteiger charge is 2.22. The summed E-state index contributed by atoms with van der Waals surface area (Å²) in [6.07, 6.45) is 0. The molecule has 0 saturated carbocycles. The first-order valence-corrected chi connectivity index (χ1v) is 6.99. The van der Waals surface area contributed by atoms with Crippen molar-refractivity contribution in [1.82, 2.24) is 5.32 Å². The van der Waals surface area contributed by atoms with Crippen molar-refractivity contribution in [1.29, 1.82) is 0 Å². The lowest BCUT2D eigenvalue weighted by molar-refractivity contribution is -0.118. The van der Waals surface area contributed by atoms with E-state index in [1.807, 2.05) is 0 Å². The zero-order chi connectivity index (χ0) is 13.8. The second-order valence-corrected chi connectivity index (χ2v) is 5.57. The quantitative estimate of drug-likeness (QED) is 0.745. The van der Waals surface area contributed by atoms with Crippen LogP contribution in [0.3, 0.4) is 0 Å². The molecule has 0 radical (unpaired) electrons. The van der Waals surface area contributed by atoms with Gasteiger partial charge in [-0.1, -0.05) is 0 Å². The first-order valence-electron chi connectivity index (χ1n) is 5.33. The molecule has 1 amide bonds. The van der Waals surface area contributed by atoms with E-state index >= 15 is 0 Å². The Bertz CT molecular complexity index is 540. The van der Waals surface area contributed by atoms with E-state index in [0.717, 1.165) is 0 Å². The van der Waals surface area contributed by atoms with Gasteiger partial charge in [0.25, 0.3) is 0 Å². The standard InChI is InChI=1S/C11H16N2O4S/c1-3-13-11(14)7-18(15,16)10-6-8(17-2)4-5-9(10)12/h4-6H,3,7,12H2,1-2H3,(H,13,14). The Labute approximate surface area is 106 Å². The molecule has 0 atom stereocenters. The molecule has 0 aliphatic rings. The number of anilines is 1. The van der Waals surface area contributed by atoms with Crippen LogP contribution in [0.1, 0.15) is 6.92 Å². The van der Waals surface area contributed by atoms with Gasteiger partial charge in [-0.3, -0.25) is 4.79 Å². The van der Waals surface area contributed by atoms with Crippen LogP contribution in [-0.2, 0) is 14.6 Å². The summed E-state index contributed by atoms with van der Waals surface area (Å²) in [5.41, 5.74) is 5.71. The fourth-order valence-corrected chi connectivity index (χ4v) is 2.74. The van der Waals surface area contributed by atoms with Crippen molar-refractivity contribution in [3.05, 3.63) is 18.2 Å². The van der Waals surface area contributed by atoms with Gasteiger partial charge in [-0.25, -0.2) is 8.42 Å². The van der Waals surface area contributed by atoms with Gasteiger partial charge in [0.15, 0.2) is 9.84 Å². The van der Waals surface area contributed by atoms with Crippen LogP contribution in [-0.4, -0.2) is 33.7 Å². The molecule has 7 heteroatoms. The number of ether oxygens (including phenoxy) is 1. The van der Waals surface area contributed by atoms with Gasteiger partial charge < -0.3 is 15.8 Å². The lowest BCUT2D eigenvalue weighted by atomic mass is 10.3. The molecule has 1 aromatic carbocycles. The van der Waals surface area contributed by atoms with Crippen molar-refractivity contribution in [2.24, 2.45) is 0 Å². The molecule has 0 aliphatic carbocycles. The number of benzene rings is 1. The average molecular weight is 272 g/mol. The summed E-state index contributed by atoms with van der Waals surface area (Å²) in [5.74, 6) is -0.809. The first-order chi connectivity index (χ1) is 8.40. The molecule has 18 heavy (non-hydrogen) atoms. The molecule has 0 spiro atoms.